The lowest BCUT2D eigenvalue weighted by molar-refractivity contribution is -0.124. The molecule has 4 aliphatic carbocycles. The third-order valence-corrected chi connectivity index (χ3v) is 8.29. The predicted octanol–water partition coefficient (Wildman–Crippen LogP) is 4.58. The van der Waals surface area contributed by atoms with E-state index in [1.165, 1.54) is 44.1 Å². The minimum absolute atomic E-state index is 0.162. The molecule has 0 spiro atoms. The van der Waals surface area contributed by atoms with Crippen molar-refractivity contribution in [3.8, 4) is 0 Å². The van der Waals surface area contributed by atoms with Gasteiger partial charge < -0.3 is 5.32 Å². The first-order chi connectivity index (χ1) is 15.1. The Labute approximate surface area is 184 Å². The zero-order chi connectivity index (χ0) is 20.8. The monoisotopic (exact) mass is 416 g/mol. The number of anilines is 1. The molecule has 0 radical (unpaired) electrons. The molecule has 1 aromatic heterocycles. The van der Waals surface area contributed by atoms with Gasteiger partial charge in [0.1, 0.15) is 12.1 Å². The Morgan fingerprint density at radius 2 is 1.74 bits per heavy atom. The molecule has 162 valence electrons. The molecule has 0 saturated heterocycles. The van der Waals surface area contributed by atoms with E-state index in [0.29, 0.717) is 6.42 Å². The van der Waals surface area contributed by atoms with Crippen LogP contribution in [-0.2, 0) is 24.3 Å². The third kappa shape index (κ3) is 3.89. The van der Waals surface area contributed by atoms with E-state index in [-0.39, 0.29) is 11.3 Å². The number of hydrogen-bond donors (Lipinski definition) is 1. The topological polar surface area (TPSA) is 58.1 Å². The predicted molar refractivity (Wildman–Crippen MR) is 120 cm³/mol. The first-order valence-electron chi connectivity index (χ1n) is 12.0. The minimum Gasteiger partial charge on any atom is -0.310 e. The molecule has 7 rings (SSSR count). The van der Waals surface area contributed by atoms with Crippen LogP contribution in [0.4, 0.5) is 5.82 Å². The standard InChI is InChI=1S/C26H32N4O/c31-24(14-26-11-19-8-20(12-26)10-21(9-19)13-26)29-25-22-6-7-30(16-23(22)27-17-28-25)15-18-4-2-1-3-5-18/h1-5,17,19-21H,6-16H2,(H,27,28,29,31). The Hall–Kier alpha value is -2.27. The second kappa shape index (κ2) is 7.70. The Kier molecular flexibility index (Phi) is 4.82. The molecule has 5 heteroatoms. The number of carbonyl (C=O) groups excluding carboxylic acids is 1. The van der Waals surface area contributed by atoms with E-state index in [2.05, 4.69) is 50.5 Å². The Morgan fingerprint density at radius 1 is 1.03 bits per heavy atom. The molecule has 4 saturated carbocycles. The van der Waals surface area contributed by atoms with Crippen LogP contribution in [0, 0.1) is 23.2 Å². The number of fused-ring (bicyclic) bond motifs is 1. The van der Waals surface area contributed by atoms with E-state index >= 15 is 0 Å². The molecular formula is C26H32N4O. The maximum Gasteiger partial charge on any atom is 0.226 e. The van der Waals surface area contributed by atoms with Gasteiger partial charge in [-0.2, -0.15) is 0 Å². The summed E-state index contributed by atoms with van der Waals surface area (Å²) in [7, 11) is 0. The lowest BCUT2D eigenvalue weighted by Gasteiger charge is -2.56. The maximum atomic E-state index is 13.1. The molecule has 2 aromatic rings. The van der Waals surface area contributed by atoms with Crippen LogP contribution in [0.5, 0.6) is 0 Å². The van der Waals surface area contributed by atoms with Gasteiger partial charge in [0.25, 0.3) is 0 Å². The van der Waals surface area contributed by atoms with Crippen molar-refractivity contribution < 1.29 is 4.79 Å². The molecule has 31 heavy (non-hydrogen) atoms. The number of benzene rings is 1. The fourth-order valence-corrected chi connectivity index (χ4v) is 7.52. The van der Waals surface area contributed by atoms with E-state index in [1.807, 2.05) is 0 Å². The van der Waals surface area contributed by atoms with Gasteiger partial charge in [-0.1, -0.05) is 30.3 Å². The number of carbonyl (C=O) groups is 1. The van der Waals surface area contributed by atoms with Crippen LogP contribution in [-0.4, -0.2) is 27.3 Å². The van der Waals surface area contributed by atoms with Gasteiger partial charge >= 0.3 is 0 Å². The molecule has 4 bridgehead atoms. The summed E-state index contributed by atoms with van der Waals surface area (Å²) in [6.07, 6.45) is 11.2. The van der Waals surface area contributed by atoms with E-state index in [9.17, 15) is 4.79 Å². The summed E-state index contributed by atoms with van der Waals surface area (Å²) in [6, 6.07) is 10.6. The largest absolute Gasteiger partial charge is 0.310 e. The quantitative estimate of drug-likeness (QED) is 0.775. The Balaban J connectivity index is 1.13. The van der Waals surface area contributed by atoms with Crippen molar-refractivity contribution in [3.63, 3.8) is 0 Å². The van der Waals surface area contributed by atoms with Gasteiger partial charge in [0, 0.05) is 31.6 Å². The van der Waals surface area contributed by atoms with E-state index in [1.54, 1.807) is 6.33 Å². The first kappa shape index (κ1) is 19.4. The molecule has 5 aliphatic rings. The molecule has 1 aliphatic heterocycles. The van der Waals surface area contributed by atoms with E-state index < -0.39 is 0 Å². The highest BCUT2D eigenvalue weighted by Crippen LogP contribution is 2.61. The highest BCUT2D eigenvalue weighted by atomic mass is 16.1. The van der Waals surface area contributed by atoms with Crippen molar-refractivity contribution in [2.24, 2.45) is 23.2 Å². The molecule has 1 aromatic carbocycles. The highest BCUT2D eigenvalue weighted by Gasteiger charge is 2.51. The normalized spacial score (nSPS) is 31.4. The van der Waals surface area contributed by atoms with Crippen LogP contribution in [0.15, 0.2) is 36.7 Å². The second-order valence-electron chi connectivity index (χ2n) is 10.7. The number of nitrogens with zero attached hydrogens (tertiary/aromatic N) is 3. The summed E-state index contributed by atoms with van der Waals surface area (Å²) >= 11 is 0. The van der Waals surface area contributed by atoms with Crippen LogP contribution in [0.3, 0.4) is 0 Å². The molecule has 0 atom stereocenters. The zero-order valence-corrected chi connectivity index (χ0v) is 18.2. The van der Waals surface area contributed by atoms with Gasteiger partial charge in [-0.05, 0) is 73.7 Å². The number of hydrogen-bond acceptors (Lipinski definition) is 4. The molecule has 1 N–H and O–H groups in total. The van der Waals surface area contributed by atoms with E-state index in [0.717, 1.165) is 60.9 Å². The van der Waals surface area contributed by atoms with Crippen LogP contribution >= 0.6 is 0 Å². The molecular weight excluding hydrogens is 384 g/mol. The lowest BCUT2D eigenvalue weighted by atomic mass is 9.49. The van der Waals surface area contributed by atoms with Crippen LogP contribution in [0.1, 0.15) is 61.8 Å². The molecule has 5 nitrogen and oxygen atoms in total. The Morgan fingerprint density at radius 3 is 2.45 bits per heavy atom. The van der Waals surface area contributed by atoms with Crippen molar-refractivity contribution >= 4 is 11.7 Å². The van der Waals surface area contributed by atoms with Crippen LogP contribution in [0.2, 0.25) is 0 Å². The molecule has 0 unspecified atom stereocenters. The molecule has 2 heterocycles. The van der Waals surface area contributed by atoms with Gasteiger partial charge in [0.05, 0.1) is 5.69 Å². The van der Waals surface area contributed by atoms with Crippen molar-refractivity contribution in [1.82, 2.24) is 14.9 Å². The summed E-state index contributed by atoms with van der Waals surface area (Å²) in [5.74, 6) is 3.54. The van der Waals surface area contributed by atoms with Gasteiger partial charge in [-0.3, -0.25) is 9.69 Å². The fraction of sp³-hybridized carbons (Fsp3) is 0.577. The summed E-state index contributed by atoms with van der Waals surface area (Å²) in [5, 5.41) is 3.20. The molecule has 1 amide bonds. The minimum atomic E-state index is 0.162. The zero-order valence-electron chi connectivity index (χ0n) is 18.2. The average molecular weight is 417 g/mol. The lowest BCUT2D eigenvalue weighted by Crippen LogP contribution is -2.47. The van der Waals surface area contributed by atoms with Crippen molar-refractivity contribution in [2.75, 3.05) is 11.9 Å². The van der Waals surface area contributed by atoms with Gasteiger partial charge in [-0.15, -0.1) is 0 Å². The first-order valence-corrected chi connectivity index (χ1v) is 12.0. The SMILES string of the molecule is O=C(CC12CC3CC(CC(C3)C1)C2)Nc1ncnc2c1CCN(Cc1ccccc1)C2. The number of aromatic nitrogens is 2. The summed E-state index contributed by atoms with van der Waals surface area (Å²) in [6.45, 7) is 2.70. The van der Waals surface area contributed by atoms with Gasteiger partial charge in [-0.25, -0.2) is 9.97 Å². The summed E-state index contributed by atoms with van der Waals surface area (Å²) in [5.41, 5.74) is 3.77. The van der Waals surface area contributed by atoms with Crippen molar-refractivity contribution in [3.05, 3.63) is 53.5 Å². The maximum absolute atomic E-state index is 13.1. The Bertz CT molecular complexity index is 937. The number of amides is 1. The van der Waals surface area contributed by atoms with Gasteiger partial charge in [0.2, 0.25) is 5.91 Å². The third-order valence-electron chi connectivity index (χ3n) is 8.29. The van der Waals surface area contributed by atoms with Crippen molar-refractivity contribution in [1.29, 1.82) is 0 Å². The fourth-order valence-electron chi connectivity index (χ4n) is 7.52. The number of rotatable bonds is 5. The van der Waals surface area contributed by atoms with Crippen LogP contribution in [0.25, 0.3) is 0 Å². The average Bonchev–Trinajstić information content (AvgIpc) is 2.73. The number of nitrogens with one attached hydrogen (secondary N) is 1. The van der Waals surface area contributed by atoms with Gasteiger partial charge in [0.15, 0.2) is 0 Å². The summed E-state index contributed by atoms with van der Waals surface area (Å²) in [4.78, 5) is 24.6. The summed E-state index contributed by atoms with van der Waals surface area (Å²) < 4.78 is 0. The second-order valence-corrected chi connectivity index (χ2v) is 10.7. The molecule has 4 fully saturated rings. The van der Waals surface area contributed by atoms with Crippen molar-refractivity contribution in [2.45, 2.75) is 64.5 Å². The highest BCUT2D eigenvalue weighted by molar-refractivity contribution is 5.91. The van der Waals surface area contributed by atoms with Crippen LogP contribution < -0.4 is 5.32 Å². The smallest absolute Gasteiger partial charge is 0.226 e. The van der Waals surface area contributed by atoms with E-state index in [4.69, 9.17) is 0 Å².